The number of hydrogen-bond acceptors (Lipinski definition) is 3. The third-order valence-electron chi connectivity index (χ3n) is 4.21. The first kappa shape index (κ1) is 18.7. The highest BCUT2D eigenvalue weighted by Crippen LogP contribution is 2.25. The normalized spacial score (nSPS) is 11.9. The van der Waals surface area contributed by atoms with Gasteiger partial charge in [0.05, 0.1) is 6.21 Å². The number of nitrogens with zero attached hydrogens (tertiary/aromatic N) is 2. The zero-order valence-electron chi connectivity index (χ0n) is 16.2. The van der Waals surface area contributed by atoms with Gasteiger partial charge in [-0.2, -0.15) is 5.10 Å². The first-order valence-electron chi connectivity index (χ1n) is 8.99. The number of nitrogens with one attached hydrogen (secondary N) is 1. The van der Waals surface area contributed by atoms with Gasteiger partial charge in [-0.1, -0.05) is 48.5 Å². The second-order valence-electron chi connectivity index (χ2n) is 7.46. The molecule has 1 heterocycles. The van der Waals surface area contributed by atoms with E-state index < -0.39 is 11.7 Å². The third-order valence-corrected chi connectivity index (χ3v) is 4.21. The third kappa shape index (κ3) is 4.56. The van der Waals surface area contributed by atoms with Crippen LogP contribution in [0.2, 0.25) is 0 Å². The predicted octanol–water partition coefficient (Wildman–Crippen LogP) is 4.86. The van der Waals surface area contributed by atoms with E-state index in [4.69, 9.17) is 4.74 Å². The molecule has 2 aromatic carbocycles. The summed E-state index contributed by atoms with van der Waals surface area (Å²) in [5.41, 5.74) is 6.33. The molecule has 5 nitrogen and oxygen atoms in total. The van der Waals surface area contributed by atoms with Crippen LogP contribution in [0.1, 0.15) is 37.6 Å². The van der Waals surface area contributed by atoms with E-state index in [-0.39, 0.29) is 0 Å². The van der Waals surface area contributed by atoms with Gasteiger partial charge in [0, 0.05) is 28.7 Å². The van der Waals surface area contributed by atoms with Crippen molar-refractivity contribution in [1.29, 1.82) is 0 Å². The summed E-state index contributed by atoms with van der Waals surface area (Å²) in [4.78, 5) is 11.8. The highest BCUT2D eigenvalue weighted by molar-refractivity contribution is 6.01. The summed E-state index contributed by atoms with van der Waals surface area (Å²) >= 11 is 0. The van der Waals surface area contributed by atoms with Crippen molar-refractivity contribution >= 4 is 23.2 Å². The largest absolute Gasteiger partial charge is 0.443 e. The highest BCUT2D eigenvalue weighted by atomic mass is 16.6. The molecule has 5 heteroatoms. The molecule has 140 valence electrons. The number of hydrazone groups is 1. The number of carbonyl (C=O) groups excluding carboxylic acids is 1. The Morgan fingerprint density at radius 1 is 1.11 bits per heavy atom. The SMILES string of the molecule is Cc1c(C=NNC(=O)OC(C)(C)C)c2ccccc2n1Cc1ccccc1. The van der Waals surface area contributed by atoms with E-state index in [1.54, 1.807) is 6.21 Å². The highest BCUT2D eigenvalue weighted by Gasteiger charge is 2.16. The fraction of sp³-hybridized carbons (Fsp3) is 0.273. The van der Waals surface area contributed by atoms with Crippen LogP contribution < -0.4 is 5.43 Å². The topological polar surface area (TPSA) is 55.6 Å². The lowest BCUT2D eigenvalue weighted by atomic mass is 10.1. The van der Waals surface area contributed by atoms with Crippen LogP contribution in [0, 0.1) is 6.92 Å². The monoisotopic (exact) mass is 363 g/mol. The number of fused-ring (bicyclic) bond motifs is 1. The van der Waals surface area contributed by atoms with E-state index in [2.05, 4.69) is 46.3 Å². The number of ether oxygens (including phenoxy) is 1. The zero-order valence-corrected chi connectivity index (χ0v) is 16.2. The van der Waals surface area contributed by atoms with Gasteiger partial charge in [-0.25, -0.2) is 10.2 Å². The molecule has 3 rings (SSSR count). The maximum atomic E-state index is 11.8. The van der Waals surface area contributed by atoms with E-state index in [1.807, 2.05) is 51.1 Å². The van der Waals surface area contributed by atoms with Gasteiger partial charge >= 0.3 is 6.09 Å². The zero-order chi connectivity index (χ0) is 19.4. The number of carbonyl (C=O) groups is 1. The average molecular weight is 363 g/mol. The van der Waals surface area contributed by atoms with Crippen LogP contribution in [-0.2, 0) is 11.3 Å². The van der Waals surface area contributed by atoms with Gasteiger partial charge in [-0.15, -0.1) is 0 Å². The lowest BCUT2D eigenvalue weighted by Gasteiger charge is -2.18. The Morgan fingerprint density at radius 3 is 2.48 bits per heavy atom. The lowest BCUT2D eigenvalue weighted by molar-refractivity contribution is 0.0529. The van der Waals surface area contributed by atoms with Gasteiger partial charge in [0.2, 0.25) is 0 Å². The van der Waals surface area contributed by atoms with Gasteiger partial charge < -0.3 is 9.30 Å². The first-order chi connectivity index (χ1) is 12.8. The van der Waals surface area contributed by atoms with Crippen molar-refractivity contribution in [3.05, 3.63) is 71.4 Å². The second kappa shape index (κ2) is 7.66. The molecule has 0 spiro atoms. The Hall–Kier alpha value is -3.08. The van der Waals surface area contributed by atoms with Gasteiger partial charge in [0.15, 0.2) is 0 Å². The van der Waals surface area contributed by atoms with Crippen LogP contribution in [0.15, 0.2) is 59.7 Å². The van der Waals surface area contributed by atoms with Gasteiger partial charge in [0.1, 0.15) is 5.60 Å². The summed E-state index contributed by atoms with van der Waals surface area (Å²) in [6.07, 6.45) is 1.12. The van der Waals surface area contributed by atoms with E-state index in [0.717, 1.165) is 28.7 Å². The number of benzene rings is 2. The molecule has 1 amide bonds. The molecular formula is C22H25N3O2. The first-order valence-corrected chi connectivity index (χ1v) is 8.99. The van der Waals surface area contributed by atoms with Crippen molar-refractivity contribution in [1.82, 2.24) is 9.99 Å². The molecule has 0 saturated heterocycles. The van der Waals surface area contributed by atoms with Gasteiger partial charge in [-0.05, 0) is 39.3 Å². The lowest BCUT2D eigenvalue weighted by Crippen LogP contribution is -2.29. The molecule has 1 N–H and O–H groups in total. The molecule has 3 aromatic rings. The summed E-state index contributed by atoms with van der Waals surface area (Å²) in [5.74, 6) is 0. The van der Waals surface area contributed by atoms with Gasteiger partial charge in [0.25, 0.3) is 0 Å². The Labute approximate surface area is 159 Å². The molecule has 0 bridgehead atoms. The summed E-state index contributed by atoms with van der Waals surface area (Å²) in [6, 6.07) is 18.6. The minimum absolute atomic E-state index is 0.554. The van der Waals surface area contributed by atoms with Crippen LogP contribution in [0.4, 0.5) is 4.79 Å². The fourth-order valence-electron chi connectivity index (χ4n) is 3.04. The van der Waals surface area contributed by atoms with E-state index in [0.29, 0.717) is 0 Å². The minimum Gasteiger partial charge on any atom is -0.443 e. The summed E-state index contributed by atoms with van der Waals surface area (Å²) < 4.78 is 7.47. The quantitative estimate of drug-likeness (QED) is 0.532. The molecule has 0 aliphatic rings. The molecule has 0 atom stereocenters. The average Bonchev–Trinajstić information content (AvgIpc) is 2.87. The number of hydrogen-bond donors (Lipinski definition) is 1. The summed E-state index contributed by atoms with van der Waals surface area (Å²) in [7, 11) is 0. The van der Waals surface area contributed by atoms with Crippen LogP contribution in [0.25, 0.3) is 10.9 Å². The van der Waals surface area contributed by atoms with Crippen molar-refractivity contribution in [2.75, 3.05) is 0 Å². The number of rotatable bonds is 4. The van der Waals surface area contributed by atoms with Crippen molar-refractivity contribution < 1.29 is 9.53 Å². The standard InChI is InChI=1S/C22H25N3O2/c1-16-19(14-23-24-21(26)27-22(2,3)4)18-12-8-9-13-20(18)25(16)15-17-10-6-5-7-11-17/h5-14H,15H2,1-4H3,(H,24,26). The fourth-order valence-corrected chi connectivity index (χ4v) is 3.04. The molecule has 0 unspecified atom stereocenters. The van der Waals surface area contributed by atoms with Crippen LogP contribution >= 0.6 is 0 Å². The predicted molar refractivity (Wildman–Crippen MR) is 109 cm³/mol. The summed E-state index contributed by atoms with van der Waals surface area (Å²) in [6.45, 7) is 8.30. The maximum absolute atomic E-state index is 11.8. The van der Waals surface area contributed by atoms with Gasteiger partial charge in [-0.3, -0.25) is 0 Å². The molecule has 27 heavy (non-hydrogen) atoms. The van der Waals surface area contributed by atoms with E-state index in [1.165, 1.54) is 5.56 Å². The van der Waals surface area contributed by atoms with Crippen LogP contribution in [0.5, 0.6) is 0 Å². The molecule has 0 fully saturated rings. The molecule has 1 aromatic heterocycles. The molecule has 0 aliphatic carbocycles. The number of aromatic nitrogens is 1. The smallest absolute Gasteiger partial charge is 0.428 e. The Kier molecular flexibility index (Phi) is 5.31. The Morgan fingerprint density at radius 2 is 1.78 bits per heavy atom. The van der Waals surface area contributed by atoms with Crippen molar-refractivity contribution in [3.8, 4) is 0 Å². The Bertz CT molecular complexity index is 966. The summed E-state index contributed by atoms with van der Waals surface area (Å²) in [5, 5.41) is 5.19. The van der Waals surface area contributed by atoms with Crippen LogP contribution in [0.3, 0.4) is 0 Å². The van der Waals surface area contributed by atoms with Crippen molar-refractivity contribution in [2.45, 2.75) is 39.8 Å². The Balaban J connectivity index is 1.89. The van der Waals surface area contributed by atoms with Crippen LogP contribution in [-0.4, -0.2) is 22.5 Å². The van der Waals surface area contributed by atoms with Crippen molar-refractivity contribution in [2.24, 2.45) is 5.10 Å². The second-order valence-corrected chi connectivity index (χ2v) is 7.46. The number of para-hydroxylation sites is 1. The maximum Gasteiger partial charge on any atom is 0.428 e. The minimum atomic E-state index is -0.565. The molecule has 0 aliphatic heterocycles. The molecular weight excluding hydrogens is 338 g/mol. The van der Waals surface area contributed by atoms with E-state index >= 15 is 0 Å². The number of amides is 1. The molecule has 0 saturated carbocycles. The molecule has 0 radical (unpaired) electrons. The van der Waals surface area contributed by atoms with Crippen molar-refractivity contribution in [3.63, 3.8) is 0 Å². The van der Waals surface area contributed by atoms with E-state index in [9.17, 15) is 4.79 Å².